The van der Waals surface area contributed by atoms with Crippen molar-refractivity contribution in [3.8, 4) is 0 Å². The van der Waals surface area contributed by atoms with Crippen molar-refractivity contribution < 1.29 is 5.11 Å². The summed E-state index contributed by atoms with van der Waals surface area (Å²) in [5.41, 5.74) is 0. The first-order valence-corrected chi connectivity index (χ1v) is 6.44. The third-order valence-electron chi connectivity index (χ3n) is 3.20. The van der Waals surface area contributed by atoms with Crippen LogP contribution in [0.1, 0.15) is 32.6 Å². The molecule has 15 heavy (non-hydrogen) atoms. The fourth-order valence-corrected chi connectivity index (χ4v) is 3.49. The van der Waals surface area contributed by atoms with Crippen molar-refractivity contribution in [2.45, 2.75) is 48.4 Å². The maximum atomic E-state index is 10.1. The maximum Gasteiger partial charge on any atom is 0.0687 e. The van der Waals surface area contributed by atoms with Crippen LogP contribution >= 0.6 is 11.8 Å². The molecule has 1 fully saturated rings. The van der Waals surface area contributed by atoms with Gasteiger partial charge in [-0.3, -0.25) is 0 Å². The first kappa shape index (κ1) is 11.0. The smallest absolute Gasteiger partial charge is 0.0687 e. The molecular weight excluding hydrogens is 204 g/mol. The van der Waals surface area contributed by atoms with Gasteiger partial charge in [0.15, 0.2) is 0 Å². The van der Waals surface area contributed by atoms with Crippen LogP contribution in [0.2, 0.25) is 0 Å². The first-order chi connectivity index (χ1) is 7.21. The second-order valence-electron chi connectivity index (χ2n) is 4.49. The van der Waals surface area contributed by atoms with E-state index in [2.05, 4.69) is 31.2 Å². The molecule has 0 heterocycles. The summed E-state index contributed by atoms with van der Waals surface area (Å²) in [5, 5.41) is 10.1. The van der Waals surface area contributed by atoms with Gasteiger partial charge in [0.2, 0.25) is 0 Å². The first-order valence-electron chi connectivity index (χ1n) is 5.63. The number of aliphatic hydroxyl groups is 1. The van der Waals surface area contributed by atoms with Crippen molar-refractivity contribution in [3.05, 3.63) is 30.3 Å². The molecule has 1 aliphatic rings. The number of hydrogen-bond acceptors (Lipinski definition) is 2. The number of rotatable bonds is 2. The molecule has 2 rings (SSSR count). The summed E-state index contributed by atoms with van der Waals surface area (Å²) in [5.74, 6) is 0. The zero-order chi connectivity index (χ0) is 10.7. The van der Waals surface area contributed by atoms with Crippen molar-refractivity contribution >= 4 is 11.8 Å². The lowest BCUT2D eigenvalue weighted by Gasteiger charge is -2.37. The van der Waals surface area contributed by atoms with Crippen LogP contribution in [0, 0.1) is 0 Å². The van der Waals surface area contributed by atoms with E-state index in [1.165, 1.54) is 17.7 Å². The highest BCUT2D eigenvalue weighted by Gasteiger charge is 2.36. The number of benzene rings is 1. The predicted octanol–water partition coefficient (Wildman–Crippen LogP) is 3.47. The van der Waals surface area contributed by atoms with Gasteiger partial charge in [0.05, 0.1) is 6.10 Å². The predicted molar refractivity (Wildman–Crippen MR) is 65.2 cm³/mol. The van der Waals surface area contributed by atoms with Gasteiger partial charge in [0, 0.05) is 9.64 Å². The largest absolute Gasteiger partial charge is 0.392 e. The van der Waals surface area contributed by atoms with Gasteiger partial charge in [-0.15, -0.1) is 11.8 Å². The fourth-order valence-electron chi connectivity index (χ4n) is 2.16. The normalized spacial score (nSPS) is 31.5. The maximum absolute atomic E-state index is 10.1. The Kier molecular flexibility index (Phi) is 3.37. The molecule has 0 aromatic heterocycles. The summed E-state index contributed by atoms with van der Waals surface area (Å²) in [4.78, 5) is 1.26. The van der Waals surface area contributed by atoms with Crippen LogP contribution in [0.25, 0.3) is 0 Å². The Hall–Kier alpha value is -0.470. The summed E-state index contributed by atoms with van der Waals surface area (Å²) in [6.45, 7) is 2.19. The second-order valence-corrected chi connectivity index (χ2v) is 6.10. The molecule has 0 radical (unpaired) electrons. The van der Waals surface area contributed by atoms with E-state index < -0.39 is 0 Å². The topological polar surface area (TPSA) is 20.2 Å². The second kappa shape index (κ2) is 4.58. The van der Waals surface area contributed by atoms with Crippen LogP contribution in [-0.4, -0.2) is 16.0 Å². The van der Waals surface area contributed by atoms with Crippen LogP contribution in [0.4, 0.5) is 0 Å². The average molecular weight is 222 g/mol. The van der Waals surface area contributed by atoms with E-state index in [1.54, 1.807) is 0 Å². The van der Waals surface area contributed by atoms with Crippen LogP contribution in [0.3, 0.4) is 0 Å². The van der Waals surface area contributed by atoms with Crippen LogP contribution in [0.5, 0.6) is 0 Å². The summed E-state index contributed by atoms with van der Waals surface area (Å²) in [6, 6.07) is 10.4. The van der Waals surface area contributed by atoms with Gasteiger partial charge in [-0.25, -0.2) is 0 Å². The van der Waals surface area contributed by atoms with Gasteiger partial charge in [-0.2, -0.15) is 0 Å². The molecule has 1 aromatic carbocycles. The Labute approximate surface area is 95.9 Å². The molecule has 2 atom stereocenters. The molecule has 1 nitrogen and oxygen atoms in total. The van der Waals surface area contributed by atoms with Gasteiger partial charge in [-0.05, 0) is 31.9 Å². The number of hydrogen-bond donors (Lipinski definition) is 1. The molecule has 82 valence electrons. The summed E-state index contributed by atoms with van der Waals surface area (Å²) in [6.07, 6.45) is 4.33. The number of aliphatic hydroxyl groups excluding tert-OH is 1. The minimum atomic E-state index is -0.156. The van der Waals surface area contributed by atoms with Crippen molar-refractivity contribution in [1.82, 2.24) is 0 Å². The van der Waals surface area contributed by atoms with E-state index in [1.807, 2.05) is 17.8 Å². The SMILES string of the molecule is C[C@]1(Sc2ccccc2)CCCC[C@@H]1O. The molecule has 0 saturated heterocycles. The van der Waals surface area contributed by atoms with Crippen molar-refractivity contribution in [2.24, 2.45) is 0 Å². The van der Waals surface area contributed by atoms with E-state index in [4.69, 9.17) is 0 Å². The molecule has 0 amide bonds. The third kappa shape index (κ3) is 2.56. The zero-order valence-electron chi connectivity index (χ0n) is 9.15. The molecular formula is C13H18OS. The lowest BCUT2D eigenvalue weighted by molar-refractivity contribution is 0.0982. The lowest BCUT2D eigenvalue weighted by atomic mass is 9.87. The Morgan fingerprint density at radius 3 is 2.67 bits per heavy atom. The van der Waals surface area contributed by atoms with Crippen molar-refractivity contribution in [1.29, 1.82) is 0 Å². The highest BCUT2D eigenvalue weighted by Crippen LogP contribution is 2.43. The van der Waals surface area contributed by atoms with Gasteiger partial charge < -0.3 is 5.11 Å². The standard InChI is InChI=1S/C13H18OS/c1-13(10-6-5-9-12(13)14)15-11-7-3-2-4-8-11/h2-4,7-8,12,14H,5-6,9-10H2,1H3/t12-,13-/m0/s1. The molecule has 2 heteroatoms. The Morgan fingerprint density at radius 2 is 2.00 bits per heavy atom. The van der Waals surface area contributed by atoms with Gasteiger partial charge in [0.25, 0.3) is 0 Å². The van der Waals surface area contributed by atoms with E-state index in [9.17, 15) is 5.11 Å². The Morgan fingerprint density at radius 1 is 1.27 bits per heavy atom. The third-order valence-corrected chi connectivity index (χ3v) is 4.65. The molecule has 0 spiro atoms. The average Bonchev–Trinajstić information content (AvgIpc) is 2.24. The molecule has 0 unspecified atom stereocenters. The van der Waals surface area contributed by atoms with E-state index >= 15 is 0 Å². The minimum Gasteiger partial charge on any atom is -0.392 e. The summed E-state index contributed by atoms with van der Waals surface area (Å²) < 4.78 is 0.0135. The molecule has 1 aliphatic carbocycles. The van der Waals surface area contributed by atoms with Crippen LogP contribution in [0.15, 0.2) is 35.2 Å². The monoisotopic (exact) mass is 222 g/mol. The van der Waals surface area contributed by atoms with Crippen LogP contribution in [-0.2, 0) is 0 Å². The molecule has 0 aliphatic heterocycles. The molecule has 1 aromatic rings. The minimum absolute atomic E-state index is 0.0135. The van der Waals surface area contributed by atoms with Crippen LogP contribution < -0.4 is 0 Å². The lowest BCUT2D eigenvalue weighted by Crippen LogP contribution is -2.38. The zero-order valence-corrected chi connectivity index (χ0v) is 9.96. The summed E-state index contributed by atoms with van der Waals surface area (Å²) in [7, 11) is 0. The van der Waals surface area contributed by atoms with Crippen molar-refractivity contribution in [3.63, 3.8) is 0 Å². The molecule has 0 bridgehead atoms. The van der Waals surface area contributed by atoms with Gasteiger partial charge in [-0.1, -0.05) is 31.0 Å². The van der Waals surface area contributed by atoms with Gasteiger partial charge >= 0.3 is 0 Å². The van der Waals surface area contributed by atoms with Crippen molar-refractivity contribution in [2.75, 3.05) is 0 Å². The quantitative estimate of drug-likeness (QED) is 0.826. The highest BCUT2D eigenvalue weighted by molar-refractivity contribution is 8.00. The fraction of sp³-hybridized carbons (Fsp3) is 0.538. The number of thioether (sulfide) groups is 1. The Balaban J connectivity index is 2.09. The molecule has 1 saturated carbocycles. The highest BCUT2D eigenvalue weighted by atomic mass is 32.2. The summed E-state index contributed by atoms with van der Waals surface area (Å²) >= 11 is 1.82. The molecule has 1 N–H and O–H groups in total. The van der Waals surface area contributed by atoms with E-state index in [0.29, 0.717) is 0 Å². The van der Waals surface area contributed by atoms with Gasteiger partial charge in [0.1, 0.15) is 0 Å². The van der Waals surface area contributed by atoms with E-state index in [-0.39, 0.29) is 10.9 Å². The Bertz CT molecular complexity index is 312. The van der Waals surface area contributed by atoms with E-state index in [0.717, 1.165) is 12.8 Å².